The second kappa shape index (κ2) is 11.9. The average molecular weight is 440 g/mol. The van der Waals surface area contributed by atoms with Crippen LogP contribution in [0.1, 0.15) is 97.9 Å². The molecule has 0 spiro atoms. The van der Waals surface area contributed by atoms with Gasteiger partial charge >= 0.3 is 5.97 Å². The van der Waals surface area contributed by atoms with Crippen molar-refractivity contribution in [1.82, 2.24) is 4.57 Å². The Morgan fingerprint density at radius 1 is 1.06 bits per heavy atom. The molecule has 1 aliphatic rings. The minimum atomic E-state index is -0.300. The predicted molar refractivity (Wildman–Crippen MR) is 127 cm³/mol. The van der Waals surface area contributed by atoms with Crippen molar-refractivity contribution in [2.45, 2.75) is 84.1 Å². The van der Waals surface area contributed by atoms with Crippen LogP contribution in [0.2, 0.25) is 0 Å². The van der Waals surface area contributed by atoms with Crippen LogP contribution in [0.25, 0.3) is 0 Å². The number of carbonyl (C=O) groups excluding carboxylic acids is 2. The zero-order chi connectivity index (χ0) is 22.9. The van der Waals surface area contributed by atoms with E-state index in [1.807, 2.05) is 29.7 Å². The lowest BCUT2D eigenvalue weighted by Gasteiger charge is -2.25. The van der Waals surface area contributed by atoms with Gasteiger partial charge in [0, 0.05) is 12.2 Å². The van der Waals surface area contributed by atoms with Gasteiger partial charge in [0.2, 0.25) is 5.78 Å². The maximum Gasteiger partial charge on any atom is 0.314 e. The summed E-state index contributed by atoms with van der Waals surface area (Å²) in [7, 11) is 1.57. The van der Waals surface area contributed by atoms with Gasteiger partial charge < -0.3 is 14.0 Å². The number of para-hydroxylation sites is 1. The number of aromatic nitrogens is 1. The minimum Gasteiger partial charge on any atom is -0.496 e. The topological polar surface area (TPSA) is 57.5 Å². The zero-order valence-corrected chi connectivity index (χ0v) is 19.8. The summed E-state index contributed by atoms with van der Waals surface area (Å²) in [5.74, 6) is 0.0363. The maximum absolute atomic E-state index is 13.4. The van der Waals surface area contributed by atoms with Crippen LogP contribution in [0.15, 0.2) is 30.3 Å². The number of hydrogen-bond donors (Lipinski definition) is 0. The van der Waals surface area contributed by atoms with Crippen molar-refractivity contribution >= 4 is 11.8 Å². The first-order valence-electron chi connectivity index (χ1n) is 12.1. The highest BCUT2D eigenvalue weighted by Crippen LogP contribution is 2.34. The summed E-state index contributed by atoms with van der Waals surface area (Å²) >= 11 is 0. The van der Waals surface area contributed by atoms with Gasteiger partial charge in [-0.1, -0.05) is 57.6 Å². The van der Waals surface area contributed by atoms with Crippen LogP contribution in [-0.2, 0) is 16.1 Å². The van der Waals surface area contributed by atoms with Gasteiger partial charge in [-0.05, 0) is 49.9 Å². The Hall–Kier alpha value is -2.56. The lowest BCUT2D eigenvalue weighted by molar-refractivity contribution is -0.146. The Labute approximate surface area is 192 Å². The highest BCUT2D eigenvalue weighted by Gasteiger charge is 2.32. The molecule has 5 nitrogen and oxygen atoms in total. The summed E-state index contributed by atoms with van der Waals surface area (Å²) in [6, 6.07) is 9.27. The fourth-order valence-electron chi connectivity index (χ4n) is 4.67. The number of carbonyl (C=O) groups is 2. The fourth-order valence-corrected chi connectivity index (χ4v) is 4.67. The van der Waals surface area contributed by atoms with E-state index in [0.29, 0.717) is 23.6 Å². The number of unbranched alkanes of at least 4 members (excludes halogenated alkanes) is 6. The molecule has 32 heavy (non-hydrogen) atoms. The van der Waals surface area contributed by atoms with Crippen LogP contribution in [0.5, 0.6) is 5.75 Å². The van der Waals surface area contributed by atoms with Gasteiger partial charge in [0.25, 0.3) is 0 Å². The third kappa shape index (κ3) is 5.62. The number of fused-ring (bicyclic) bond motifs is 1. The van der Waals surface area contributed by atoms with E-state index in [9.17, 15) is 9.59 Å². The molecule has 1 aromatic carbocycles. The lowest BCUT2D eigenvalue weighted by atomic mass is 9.96. The number of hydrogen-bond acceptors (Lipinski definition) is 4. The van der Waals surface area contributed by atoms with Crippen LogP contribution in [0.4, 0.5) is 0 Å². The number of esters is 1. The Kier molecular flexibility index (Phi) is 8.95. The molecule has 1 aliphatic heterocycles. The Balaban J connectivity index is 1.65. The molecule has 3 rings (SSSR count). The lowest BCUT2D eigenvalue weighted by Crippen LogP contribution is -2.26. The Morgan fingerprint density at radius 2 is 1.78 bits per heavy atom. The largest absolute Gasteiger partial charge is 0.496 e. The van der Waals surface area contributed by atoms with E-state index >= 15 is 0 Å². The molecule has 0 aliphatic carbocycles. The van der Waals surface area contributed by atoms with Crippen LogP contribution in [-0.4, -0.2) is 30.0 Å². The molecule has 0 saturated heterocycles. The number of methoxy groups -OCH3 is 1. The van der Waals surface area contributed by atoms with Crippen LogP contribution in [0, 0.1) is 6.92 Å². The van der Waals surface area contributed by atoms with Crippen molar-refractivity contribution in [3.8, 4) is 5.75 Å². The van der Waals surface area contributed by atoms with Gasteiger partial charge in [-0.15, -0.1) is 0 Å². The molecule has 5 heteroatoms. The molecule has 0 amide bonds. The van der Waals surface area contributed by atoms with E-state index in [1.165, 1.54) is 32.1 Å². The van der Waals surface area contributed by atoms with Gasteiger partial charge in [-0.2, -0.15) is 0 Å². The first-order valence-corrected chi connectivity index (χ1v) is 12.1. The number of nitrogens with zero attached hydrogens (tertiary/aromatic N) is 1. The molecule has 0 radical (unpaired) electrons. The number of benzene rings is 1. The van der Waals surface area contributed by atoms with Gasteiger partial charge in [-0.25, -0.2) is 0 Å². The van der Waals surface area contributed by atoms with Crippen LogP contribution in [0.3, 0.4) is 0 Å². The average Bonchev–Trinajstić information content (AvgIpc) is 3.15. The second-order valence-electron chi connectivity index (χ2n) is 8.77. The third-order valence-corrected chi connectivity index (χ3v) is 6.39. The predicted octanol–water partition coefficient (Wildman–Crippen LogP) is 6.21. The molecule has 0 bridgehead atoms. The fraction of sp³-hybridized carbons (Fsp3) is 0.556. The highest BCUT2D eigenvalue weighted by molar-refractivity contribution is 6.10. The monoisotopic (exact) mass is 439 g/mol. The van der Waals surface area contributed by atoms with E-state index in [2.05, 4.69) is 6.92 Å². The summed E-state index contributed by atoms with van der Waals surface area (Å²) in [5, 5.41) is 0. The number of ether oxygens (including phenoxy) is 2. The van der Waals surface area contributed by atoms with E-state index < -0.39 is 0 Å². The Bertz CT molecular complexity index is 914. The first kappa shape index (κ1) is 24.1. The summed E-state index contributed by atoms with van der Waals surface area (Å²) in [4.78, 5) is 26.2. The quantitative estimate of drug-likeness (QED) is 0.224. The molecule has 0 saturated carbocycles. The summed E-state index contributed by atoms with van der Waals surface area (Å²) in [6.45, 7) is 5.38. The molecule has 1 atom stereocenters. The minimum absolute atomic E-state index is 0.0664. The van der Waals surface area contributed by atoms with Crippen molar-refractivity contribution in [1.29, 1.82) is 0 Å². The number of rotatable bonds is 12. The van der Waals surface area contributed by atoms with Gasteiger partial charge in [-0.3, -0.25) is 9.59 Å². The number of aryl methyl sites for hydroxylation is 1. The molecule has 1 unspecified atom stereocenters. The summed E-state index contributed by atoms with van der Waals surface area (Å²) in [5.41, 5.74) is 2.98. The van der Waals surface area contributed by atoms with Crippen molar-refractivity contribution in [2.75, 3.05) is 13.7 Å². The smallest absolute Gasteiger partial charge is 0.314 e. The molecular formula is C27H37NO4. The van der Waals surface area contributed by atoms with Crippen LogP contribution < -0.4 is 4.74 Å². The Morgan fingerprint density at radius 3 is 2.53 bits per heavy atom. The molecule has 2 aromatic rings. The van der Waals surface area contributed by atoms with E-state index in [-0.39, 0.29) is 17.7 Å². The van der Waals surface area contributed by atoms with E-state index in [0.717, 1.165) is 43.5 Å². The van der Waals surface area contributed by atoms with Gasteiger partial charge in [0.15, 0.2) is 0 Å². The van der Waals surface area contributed by atoms with Crippen LogP contribution >= 0.6 is 0 Å². The normalized spacial score (nSPS) is 15.3. The van der Waals surface area contributed by atoms with Crippen molar-refractivity contribution in [3.05, 3.63) is 52.8 Å². The molecule has 174 valence electrons. The SMILES string of the molecule is CCCCCCCCCOC(=O)C1CCCn2c1cc(C)c2C(=O)c1ccccc1OC. The van der Waals surface area contributed by atoms with Crippen molar-refractivity contribution in [2.24, 2.45) is 0 Å². The standard InChI is InChI=1S/C27H37NO4/c1-4-5-6-7-8-9-12-18-32-27(30)21-15-13-17-28-23(21)19-20(2)25(28)26(29)22-14-10-11-16-24(22)31-3/h10-11,14,16,19,21H,4-9,12-13,15,17-18H2,1-3H3. The van der Waals surface area contributed by atoms with E-state index in [1.54, 1.807) is 19.2 Å². The maximum atomic E-state index is 13.4. The van der Waals surface area contributed by atoms with Crippen molar-refractivity contribution < 1.29 is 19.1 Å². The third-order valence-electron chi connectivity index (χ3n) is 6.39. The highest BCUT2D eigenvalue weighted by atomic mass is 16.5. The second-order valence-corrected chi connectivity index (χ2v) is 8.77. The first-order chi connectivity index (χ1) is 15.6. The van der Waals surface area contributed by atoms with Gasteiger partial charge in [0.05, 0.1) is 30.9 Å². The molecular weight excluding hydrogens is 402 g/mol. The number of ketones is 1. The zero-order valence-electron chi connectivity index (χ0n) is 19.8. The summed E-state index contributed by atoms with van der Waals surface area (Å²) in [6.07, 6.45) is 9.97. The van der Waals surface area contributed by atoms with Gasteiger partial charge in [0.1, 0.15) is 5.75 Å². The van der Waals surface area contributed by atoms with E-state index in [4.69, 9.17) is 9.47 Å². The molecule has 1 aromatic heterocycles. The van der Waals surface area contributed by atoms with Crippen molar-refractivity contribution in [3.63, 3.8) is 0 Å². The molecule has 0 fully saturated rings. The summed E-state index contributed by atoms with van der Waals surface area (Å²) < 4.78 is 13.1. The molecule has 0 N–H and O–H groups in total. The molecule has 2 heterocycles.